The third-order valence-corrected chi connectivity index (χ3v) is 4.51. The molecule has 1 saturated heterocycles. The minimum absolute atomic E-state index is 0.254. The highest BCUT2D eigenvalue weighted by molar-refractivity contribution is 6.07. The van der Waals surface area contributed by atoms with Crippen molar-refractivity contribution in [1.82, 2.24) is 14.9 Å². The zero-order chi connectivity index (χ0) is 15.7. The number of hydrogen-bond donors (Lipinski definition) is 2. The maximum atomic E-state index is 7.45. The van der Waals surface area contributed by atoms with Gasteiger partial charge in [0.25, 0.3) is 0 Å². The van der Waals surface area contributed by atoms with Gasteiger partial charge in [0.1, 0.15) is 0 Å². The number of aromatic nitrogens is 2. The minimum Gasteiger partial charge on any atom is -0.346 e. The highest BCUT2D eigenvalue weighted by atomic mass is 15.0. The van der Waals surface area contributed by atoms with Crippen molar-refractivity contribution >= 4 is 22.8 Å². The highest BCUT2D eigenvalue weighted by Gasteiger charge is 2.30. The quantitative estimate of drug-likeness (QED) is 0.849. The second kappa shape index (κ2) is 5.69. The Morgan fingerprint density at radius 2 is 2.27 bits per heavy atom. The van der Waals surface area contributed by atoms with Gasteiger partial charge in [-0.1, -0.05) is 6.08 Å². The van der Waals surface area contributed by atoms with Gasteiger partial charge in [0.05, 0.1) is 16.7 Å². The molecule has 0 spiro atoms. The number of hydrogen-bond acceptors (Lipinski definition) is 3. The summed E-state index contributed by atoms with van der Waals surface area (Å²) < 4.78 is 2.31. The molecule has 0 amide bonds. The van der Waals surface area contributed by atoms with Crippen LogP contribution < -0.4 is 5.32 Å². The van der Waals surface area contributed by atoms with Crippen LogP contribution in [0.1, 0.15) is 32.9 Å². The zero-order valence-electron chi connectivity index (χ0n) is 13.6. The SMILES string of the molecule is C/C=C(\C=N)c1ccc2c(ccn2CC2CNC(C)(C)C2)n1. The molecule has 1 aliphatic heterocycles. The summed E-state index contributed by atoms with van der Waals surface area (Å²) in [5.41, 5.74) is 4.16. The fraction of sp³-hybridized carbons (Fsp3) is 0.444. The average molecular weight is 296 g/mol. The van der Waals surface area contributed by atoms with Gasteiger partial charge >= 0.3 is 0 Å². The van der Waals surface area contributed by atoms with Crippen molar-refractivity contribution in [3.05, 3.63) is 36.2 Å². The maximum Gasteiger partial charge on any atom is 0.0888 e. The van der Waals surface area contributed by atoms with Crippen molar-refractivity contribution in [3.63, 3.8) is 0 Å². The van der Waals surface area contributed by atoms with E-state index in [2.05, 4.69) is 47.0 Å². The first-order valence-electron chi connectivity index (χ1n) is 7.90. The van der Waals surface area contributed by atoms with E-state index in [1.54, 1.807) is 0 Å². The summed E-state index contributed by atoms with van der Waals surface area (Å²) in [5, 5.41) is 11.0. The van der Waals surface area contributed by atoms with Crippen LogP contribution in [0.15, 0.2) is 30.5 Å². The van der Waals surface area contributed by atoms with Gasteiger partial charge in [-0.2, -0.15) is 0 Å². The van der Waals surface area contributed by atoms with Crippen LogP contribution >= 0.6 is 0 Å². The van der Waals surface area contributed by atoms with Crippen molar-refractivity contribution < 1.29 is 0 Å². The van der Waals surface area contributed by atoms with Gasteiger partial charge in [-0.15, -0.1) is 0 Å². The van der Waals surface area contributed by atoms with Crippen LogP contribution in [0.4, 0.5) is 0 Å². The number of allylic oxidation sites excluding steroid dienone is 2. The molecule has 2 aromatic heterocycles. The van der Waals surface area contributed by atoms with Crippen molar-refractivity contribution in [3.8, 4) is 0 Å². The molecule has 4 nitrogen and oxygen atoms in total. The first-order valence-corrected chi connectivity index (χ1v) is 7.90. The van der Waals surface area contributed by atoms with Gasteiger partial charge in [0.2, 0.25) is 0 Å². The molecule has 2 N–H and O–H groups in total. The molecule has 3 heterocycles. The summed E-state index contributed by atoms with van der Waals surface area (Å²) >= 11 is 0. The highest BCUT2D eigenvalue weighted by Crippen LogP contribution is 2.26. The predicted octanol–water partition coefficient (Wildman–Crippen LogP) is 3.48. The van der Waals surface area contributed by atoms with Crippen molar-refractivity contribution in [1.29, 1.82) is 5.41 Å². The van der Waals surface area contributed by atoms with E-state index in [-0.39, 0.29) is 5.54 Å². The van der Waals surface area contributed by atoms with E-state index in [9.17, 15) is 0 Å². The molecule has 1 aliphatic rings. The third kappa shape index (κ3) is 2.83. The van der Waals surface area contributed by atoms with Crippen molar-refractivity contribution in [2.45, 2.75) is 39.3 Å². The summed E-state index contributed by atoms with van der Waals surface area (Å²) in [5.74, 6) is 0.665. The fourth-order valence-electron chi connectivity index (χ4n) is 3.39. The molecule has 116 valence electrons. The fourth-order valence-corrected chi connectivity index (χ4v) is 3.39. The molecular weight excluding hydrogens is 272 g/mol. The Morgan fingerprint density at radius 3 is 2.91 bits per heavy atom. The van der Waals surface area contributed by atoms with E-state index in [4.69, 9.17) is 5.41 Å². The second-order valence-electron chi connectivity index (χ2n) is 6.79. The summed E-state index contributed by atoms with van der Waals surface area (Å²) in [4.78, 5) is 4.69. The van der Waals surface area contributed by atoms with Gasteiger partial charge in [-0.25, -0.2) is 4.98 Å². The number of pyridine rings is 1. The molecule has 0 radical (unpaired) electrons. The molecule has 0 aromatic carbocycles. The lowest BCUT2D eigenvalue weighted by Crippen LogP contribution is -2.31. The third-order valence-electron chi connectivity index (χ3n) is 4.51. The van der Waals surface area contributed by atoms with E-state index < -0.39 is 0 Å². The molecule has 2 aromatic rings. The van der Waals surface area contributed by atoms with Gasteiger partial charge in [-0.05, 0) is 51.3 Å². The van der Waals surface area contributed by atoms with Gasteiger partial charge < -0.3 is 15.3 Å². The Kier molecular flexibility index (Phi) is 3.87. The smallest absolute Gasteiger partial charge is 0.0888 e. The number of fused-ring (bicyclic) bond motifs is 1. The van der Waals surface area contributed by atoms with Crippen LogP contribution in [0.25, 0.3) is 16.6 Å². The molecule has 3 rings (SSSR count). The van der Waals surface area contributed by atoms with Gasteiger partial charge in [-0.3, -0.25) is 0 Å². The standard InChI is InChI=1S/C18H24N4/c1-4-14(10-19)15-5-6-17-16(21-15)7-8-22(17)12-13-9-18(2,3)20-11-13/h4-8,10,13,19-20H,9,11-12H2,1-3H3/b14-4+,19-10?. The van der Waals surface area contributed by atoms with Gasteiger partial charge in [0, 0.05) is 36.6 Å². The van der Waals surface area contributed by atoms with Crippen LogP contribution in [0, 0.1) is 11.3 Å². The van der Waals surface area contributed by atoms with E-state index in [1.807, 2.05) is 19.1 Å². The Hall–Kier alpha value is -1.94. The maximum absolute atomic E-state index is 7.45. The molecule has 22 heavy (non-hydrogen) atoms. The summed E-state index contributed by atoms with van der Waals surface area (Å²) in [6.45, 7) is 8.58. The first kappa shape index (κ1) is 15.0. The van der Waals surface area contributed by atoms with Crippen molar-refractivity contribution in [2.24, 2.45) is 5.92 Å². The van der Waals surface area contributed by atoms with E-state index in [1.165, 1.54) is 18.2 Å². The number of nitrogens with one attached hydrogen (secondary N) is 2. The average Bonchev–Trinajstić information content (AvgIpc) is 3.04. The second-order valence-corrected chi connectivity index (χ2v) is 6.79. The predicted molar refractivity (Wildman–Crippen MR) is 92.4 cm³/mol. The molecule has 0 saturated carbocycles. The molecule has 0 bridgehead atoms. The lowest BCUT2D eigenvalue weighted by molar-refractivity contribution is 0.421. The lowest BCUT2D eigenvalue weighted by Gasteiger charge is -2.17. The van der Waals surface area contributed by atoms with E-state index in [0.29, 0.717) is 5.92 Å². The molecule has 4 heteroatoms. The molecule has 1 atom stereocenters. The van der Waals surface area contributed by atoms with E-state index in [0.717, 1.165) is 29.9 Å². The molecule has 1 fully saturated rings. The van der Waals surface area contributed by atoms with Crippen molar-refractivity contribution in [2.75, 3.05) is 6.54 Å². The number of nitrogens with zero attached hydrogens (tertiary/aromatic N) is 2. The Morgan fingerprint density at radius 1 is 1.45 bits per heavy atom. The van der Waals surface area contributed by atoms with Crippen LogP contribution in [0.3, 0.4) is 0 Å². The Labute approximate surface area is 131 Å². The van der Waals surface area contributed by atoms with Crippen LogP contribution in [0.2, 0.25) is 0 Å². The number of rotatable bonds is 4. The Balaban J connectivity index is 1.85. The van der Waals surface area contributed by atoms with Crippen LogP contribution in [-0.4, -0.2) is 27.8 Å². The van der Waals surface area contributed by atoms with Crippen LogP contribution in [-0.2, 0) is 6.54 Å². The molecule has 1 unspecified atom stereocenters. The topological polar surface area (TPSA) is 53.7 Å². The largest absolute Gasteiger partial charge is 0.346 e. The lowest BCUT2D eigenvalue weighted by atomic mass is 9.97. The molecule has 0 aliphatic carbocycles. The van der Waals surface area contributed by atoms with E-state index >= 15 is 0 Å². The molecular formula is C18H24N4. The van der Waals surface area contributed by atoms with Crippen LogP contribution in [0.5, 0.6) is 0 Å². The summed E-state index contributed by atoms with van der Waals surface area (Å²) in [7, 11) is 0. The minimum atomic E-state index is 0.254. The summed E-state index contributed by atoms with van der Waals surface area (Å²) in [6, 6.07) is 6.21. The Bertz CT molecular complexity index is 724. The summed E-state index contributed by atoms with van der Waals surface area (Å²) in [6.07, 6.45) is 6.61. The normalized spacial score (nSPS) is 21.4. The first-order chi connectivity index (χ1) is 10.5. The monoisotopic (exact) mass is 296 g/mol. The zero-order valence-corrected chi connectivity index (χ0v) is 13.6. The van der Waals surface area contributed by atoms with Gasteiger partial charge in [0.15, 0.2) is 0 Å².